The molecule has 1 saturated carbocycles. The number of rotatable bonds is 4. The Balaban J connectivity index is 2.17. The summed E-state index contributed by atoms with van der Waals surface area (Å²) < 4.78 is 5.09. The van der Waals surface area contributed by atoms with Crippen LogP contribution in [0.15, 0.2) is 24.3 Å². The van der Waals surface area contributed by atoms with Crippen LogP contribution in [0.2, 0.25) is 0 Å². The van der Waals surface area contributed by atoms with E-state index in [0.29, 0.717) is 11.8 Å². The highest BCUT2D eigenvalue weighted by Gasteiger charge is 2.43. The normalized spacial score (nSPS) is 25.7. The van der Waals surface area contributed by atoms with Gasteiger partial charge in [-0.1, -0.05) is 26.0 Å². The molecule has 1 aromatic rings. The Morgan fingerprint density at radius 1 is 1.33 bits per heavy atom. The van der Waals surface area contributed by atoms with Gasteiger partial charge in [-0.25, -0.2) is 4.79 Å². The highest BCUT2D eigenvalue weighted by Crippen LogP contribution is 2.38. The zero-order valence-electron chi connectivity index (χ0n) is 13.6. The predicted molar refractivity (Wildman–Crippen MR) is 86.3 cm³/mol. The van der Waals surface area contributed by atoms with E-state index in [2.05, 4.69) is 38.2 Å². The molecule has 1 fully saturated rings. The van der Waals surface area contributed by atoms with Gasteiger partial charge in [0.05, 0.1) is 7.11 Å². The van der Waals surface area contributed by atoms with Gasteiger partial charge in [0.25, 0.3) is 0 Å². The van der Waals surface area contributed by atoms with Crippen molar-refractivity contribution >= 4 is 11.7 Å². The van der Waals surface area contributed by atoms with Crippen molar-refractivity contribution in [1.29, 1.82) is 0 Å². The van der Waals surface area contributed by atoms with Gasteiger partial charge in [0, 0.05) is 5.69 Å². The highest BCUT2D eigenvalue weighted by atomic mass is 16.5. The van der Waals surface area contributed by atoms with Gasteiger partial charge < -0.3 is 10.1 Å². The molecule has 0 aliphatic heterocycles. The zero-order chi connectivity index (χ0) is 15.5. The smallest absolute Gasteiger partial charge is 0.331 e. The Bertz CT molecular complexity index is 488. The number of methoxy groups -OCH3 is 1. The van der Waals surface area contributed by atoms with E-state index < -0.39 is 5.54 Å². The Labute approximate surface area is 128 Å². The van der Waals surface area contributed by atoms with E-state index in [0.717, 1.165) is 31.4 Å². The van der Waals surface area contributed by atoms with Crippen molar-refractivity contribution in [1.82, 2.24) is 0 Å². The number of carbonyl (C=O) groups is 1. The molecule has 3 nitrogen and oxygen atoms in total. The number of anilines is 1. The van der Waals surface area contributed by atoms with Crippen LogP contribution in [0.4, 0.5) is 5.69 Å². The number of esters is 1. The molecule has 0 unspecified atom stereocenters. The number of benzene rings is 1. The maximum absolute atomic E-state index is 12.4. The first-order valence-electron chi connectivity index (χ1n) is 7.90. The number of ether oxygens (including phenoxy) is 1. The summed E-state index contributed by atoms with van der Waals surface area (Å²) in [4.78, 5) is 12.4. The molecule has 21 heavy (non-hydrogen) atoms. The van der Waals surface area contributed by atoms with Gasteiger partial charge in [0.15, 0.2) is 0 Å². The van der Waals surface area contributed by atoms with E-state index in [1.165, 1.54) is 12.7 Å². The minimum atomic E-state index is -0.562. The van der Waals surface area contributed by atoms with Gasteiger partial charge >= 0.3 is 5.97 Å². The van der Waals surface area contributed by atoms with E-state index in [-0.39, 0.29) is 5.97 Å². The summed E-state index contributed by atoms with van der Waals surface area (Å²) in [5.74, 6) is 1.26. The van der Waals surface area contributed by atoms with Gasteiger partial charge in [-0.3, -0.25) is 0 Å². The standard InChI is InChI=1S/C18H27NO2/c1-13(2)15-8-10-18(11-9-15,17(20)21-4)19-16-7-5-6-14(3)12-16/h5-7,12-13,15,19H,8-11H2,1-4H3. The lowest BCUT2D eigenvalue weighted by molar-refractivity contribution is -0.147. The van der Waals surface area contributed by atoms with Gasteiger partial charge in [-0.2, -0.15) is 0 Å². The number of aryl methyl sites for hydroxylation is 1. The summed E-state index contributed by atoms with van der Waals surface area (Å²) in [7, 11) is 1.48. The summed E-state index contributed by atoms with van der Waals surface area (Å²) >= 11 is 0. The van der Waals surface area contributed by atoms with E-state index in [9.17, 15) is 4.79 Å². The molecule has 0 spiro atoms. The molecule has 1 N–H and O–H groups in total. The minimum absolute atomic E-state index is 0.133. The molecular formula is C18H27NO2. The van der Waals surface area contributed by atoms with Gasteiger partial charge in [-0.05, 0) is 62.1 Å². The average molecular weight is 289 g/mol. The summed E-state index contributed by atoms with van der Waals surface area (Å²) in [6.07, 6.45) is 3.84. The fourth-order valence-electron chi connectivity index (χ4n) is 3.37. The fraction of sp³-hybridized carbons (Fsp3) is 0.611. The molecule has 0 atom stereocenters. The van der Waals surface area contributed by atoms with Crippen molar-refractivity contribution in [3.63, 3.8) is 0 Å². The second-order valence-electron chi connectivity index (χ2n) is 6.65. The van der Waals surface area contributed by atoms with E-state index in [1.54, 1.807) is 0 Å². The molecular weight excluding hydrogens is 262 g/mol. The lowest BCUT2D eigenvalue weighted by Gasteiger charge is -2.40. The number of nitrogens with one attached hydrogen (secondary N) is 1. The number of hydrogen-bond donors (Lipinski definition) is 1. The van der Waals surface area contributed by atoms with Crippen LogP contribution in [0.3, 0.4) is 0 Å². The second kappa shape index (κ2) is 6.50. The SMILES string of the molecule is COC(=O)C1(Nc2cccc(C)c2)CCC(C(C)C)CC1. The van der Waals surface area contributed by atoms with Crippen molar-refractivity contribution in [2.75, 3.05) is 12.4 Å². The second-order valence-corrected chi connectivity index (χ2v) is 6.65. The van der Waals surface area contributed by atoms with Crippen molar-refractivity contribution in [3.8, 4) is 0 Å². The van der Waals surface area contributed by atoms with Crippen LogP contribution in [-0.4, -0.2) is 18.6 Å². The van der Waals surface area contributed by atoms with Crippen LogP contribution in [0, 0.1) is 18.8 Å². The summed E-state index contributed by atoms with van der Waals surface area (Å²) in [5, 5.41) is 3.47. The number of carbonyl (C=O) groups excluding carboxylic acids is 1. The lowest BCUT2D eigenvalue weighted by atomic mass is 9.72. The largest absolute Gasteiger partial charge is 0.467 e. The van der Waals surface area contributed by atoms with E-state index in [4.69, 9.17) is 4.74 Å². The average Bonchev–Trinajstić information content (AvgIpc) is 2.46. The van der Waals surface area contributed by atoms with Gasteiger partial charge in [0.1, 0.15) is 5.54 Å². The Kier molecular flexibility index (Phi) is 4.92. The van der Waals surface area contributed by atoms with Crippen molar-refractivity contribution in [2.45, 2.75) is 52.0 Å². The van der Waals surface area contributed by atoms with Crippen LogP contribution in [0.1, 0.15) is 45.1 Å². The molecule has 116 valence electrons. The Morgan fingerprint density at radius 2 is 2.00 bits per heavy atom. The number of hydrogen-bond acceptors (Lipinski definition) is 3. The lowest BCUT2D eigenvalue weighted by Crippen LogP contribution is -2.50. The fourth-order valence-corrected chi connectivity index (χ4v) is 3.37. The third kappa shape index (κ3) is 3.58. The topological polar surface area (TPSA) is 38.3 Å². The van der Waals surface area contributed by atoms with Crippen molar-refractivity contribution in [2.24, 2.45) is 11.8 Å². The van der Waals surface area contributed by atoms with Crippen molar-refractivity contribution in [3.05, 3.63) is 29.8 Å². The molecule has 0 bridgehead atoms. The third-order valence-electron chi connectivity index (χ3n) is 4.80. The maximum Gasteiger partial charge on any atom is 0.331 e. The van der Waals surface area contributed by atoms with Crippen LogP contribution in [0.5, 0.6) is 0 Å². The molecule has 1 aliphatic rings. The van der Waals surface area contributed by atoms with Gasteiger partial charge in [-0.15, -0.1) is 0 Å². The Morgan fingerprint density at radius 3 is 2.52 bits per heavy atom. The van der Waals surface area contributed by atoms with Crippen LogP contribution in [-0.2, 0) is 9.53 Å². The van der Waals surface area contributed by atoms with Crippen LogP contribution in [0.25, 0.3) is 0 Å². The minimum Gasteiger partial charge on any atom is -0.467 e. The van der Waals surface area contributed by atoms with E-state index >= 15 is 0 Å². The first kappa shape index (κ1) is 15.9. The van der Waals surface area contributed by atoms with E-state index in [1.807, 2.05) is 12.1 Å². The molecule has 2 rings (SSSR count). The molecule has 0 saturated heterocycles. The molecule has 1 aliphatic carbocycles. The quantitative estimate of drug-likeness (QED) is 0.846. The van der Waals surface area contributed by atoms with Gasteiger partial charge in [0.2, 0.25) is 0 Å². The molecule has 0 heterocycles. The summed E-state index contributed by atoms with van der Waals surface area (Å²) in [6.45, 7) is 6.60. The zero-order valence-corrected chi connectivity index (χ0v) is 13.6. The highest BCUT2D eigenvalue weighted by molar-refractivity contribution is 5.84. The molecule has 3 heteroatoms. The molecule has 1 aromatic carbocycles. The summed E-state index contributed by atoms with van der Waals surface area (Å²) in [5.41, 5.74) is 1.63. The van der Waals surface area contributed by atoms with Crippen LogP contribution < -0.4 is 5.32 Å². The predicted octanol–water partition coefficient (Wildman–Crippen LogP) is 4.16. The molecule has 0 aromatic heterocycles. The monoisotopic (exact) mass is 289 g/mol. The first-order chi connectivity index (χ1) is 9.97. The maximum atomic E-state index is 12.4. The first-order valence-corrected chi connectivity index (χ1v) is 7.90. The molecule has 0 radical (unpaired) electrons. The third-order valence-corrected chi connectivity index (χ3v) is 4.80. The molecule has 0 amide bonds. The summed E-state index contributed by atoms with van der Waals surface area (Å²) in [6, 6.07) is 8.18. The Hall–Kier alpha value is -1.51. The van der Waals surface area contributed by atoms with Crippen LogP contribution >= 0.6 is 0 Å². The van der Waals surface area contributed by atoms with Crippen molar-refractivity contribution < 1.29 is 9.53 Å².